The molecule has 0 fully saturated rings. The van der Waals surface area contributed by atoms with Gasteiger partial charge in [-0.05, 0) is 52.2 Å². The van der Waals surface area contributed by atoms with E-state index in [4.69, 9.17) is 0 Å². The lowest BCUT2D eigenvalue weighted by Crippen LogP contribution is -1.88. The molecule has 0 saturated heterocycles. The van der Waals surface area contributed by atoms with Gasteiger partial charge in [0.15, 0.2) is 0 Å². The highest BCUT2D eigenvalue weighted by Crippen LogP contribution is 2.18. The van der Waals surface area contributed by atoms with Gasteiger partial charge in [0, 0.05) is 16.2 Å². The highest BCUT2D eigenvalue weighted by atomic mass is 32.1. The zero-order valence-electron chi connectivity index (χ0n) is 10.4. The molecule has 1 rings (SSSR count). The third-order valence-electron chi connectivity index (χ3n) is 2.55. The Morgan fingerprint density at radius 2 is 2.06 bits per heavy atom. The minimum Gasteiger partial charge on any atom is -0.300 e. The van der Waals surface area contributed by atoms with E-state index in [-0.39, 0.29) is 5.78 Å². The number of Topliss-reactive ketones (excluding diaryl/α,β-unsaturated/α-hetero) is 1. The molecule has 88 valence electrons. The fraction of sp³-hybridized carbons (Fsp3) is 0.500. The van der Waals surface area contributed by atoms with Crippen LogP contribution in [0.3, 0.4) is 0 Å². The van der Waals surface area contributed by atoms with Crippen LogP contribution < -0.4 is 0 Å². The van der Waals surface area contributed by atoms with Crippen LogP contribution in [0.1, 0.15) is 42.9 Å². The number of allylic oxidation sites excluding steroid dienone is 2. The van der Waals surface area contributed by atoms with Crippen LogP contribution in [-0.4, -0.2) is 5.78 Å². The summed E-state index contributed by atoms with van der Waals surface area (Å²) in [5, 5.41) is 0. The van der Waals surface area contributed by atoms with Gasteiger partial charge in [0.05, 0.1) is 0 Å². The van der Waals surface area contributed by atoms with E-state index in [2.05, 4.69) is 32.1 Å². The van der Waals surface area contributed by atoms with Gasteiger partial charge in [-0.2, -0.15) is 0 Å². The molecule has 2 heteroatoms. The molecule has 16 heavy (non-hydrogen) atoms. The average molecular weight is 236 g/mol. The van der Waals surface area contributed by atoms with Gasteiger partial charge in [0.25, 0.3) is 0 Å². The van der Waals surface area contributed by atoms with Gasteiger partial charge in [0.1, 0.15) is 5.78 Å². The SMILES string of the molecule is CC(=O)CCC=C(C)CCc1ccc(C)s1. The second-order valence-electron chi connectivity index (χ2n) is 4.30. The lowest BCUT2D eigenvalue weighted by Gasteiger charge is -1.99. The standard InChI is InChI=1S/C14H20OS/c1-11(5-4-6-12(2)15)7-9-14-10-8-13(3)16-14/h5,8,10H,4,6-7,9H2,1-3H3. The van der Waals surface area contributed by atoms with E-state index >= 15 is 0 Å². The van der Waals surface area contributed by atoms with Crippen LogP contribution in [0, 0.1) is 6.92 Å². The molecule has 0 aliphatic heterocycles. The second kappa shape index (κ2) is 6.64. The van der Waals surface area contributed by atoms with Crippen LogP contribution in [0.25, 0.3) is 0 Å². The molecule has 1 nitrogen and oxygen atoms in total. The third-order valence-corrected chi connectivity index (χ3v) is 3.61. The van der Waals surface area contributed by atoms with Crippen molar-refractivity contribution in [2.75, 3.05) is 0 Å². The fourth-order valence-corrected chi connectivity index (χ4v) is 2.45. The summed E-state index contributed by atoms with van der Waals surface area (Å²) in [6.07, 6.45) is 6.00. The molecule has 0 unspecified atom stereocenters. The summed E-state index contributed by atoms with van der Waals surface area (Å²) in [6, 6.07) is 4.39. The first kappa shape index (κ1) is 13.2. The summed E-state index contributed by atoms with van der Waals surface area (Å²) in [7, 11) is 0. The third kappa shape index (κ3) is 5.26. The van der Waals surface area contributed by atoms with Crippen molar-refractivity contribution < 1.29 is 4.79 Å². The summed E-state index contributed by atoms with van der Waals surface area (Å²) in [4.78, 5) is 13.6. The molecular weight excluding hydrogens is 216 g/mol. The van der Waals surface area contributed by atoms with Crippen LogP contribution in [0.2, 0.25) is 0 Å². The summed E-state index contributed by atoms with van der Waals surface area (Å²) in [5.41, 5.74) is 1.40. The Morgan fingerprint density at radius 3 is 2.62 bits per heavy atom. The Morgan fingerprint density at radius 1 is 1.31 bits per heavy atom. The number of thiophene rings is 1. The number of aryl methyl sites for hydroxylation is 2. The minimum absolute atomic E-state index is 0.276. The molecular formula is C14H20OS. The van der Waals surface area contributed by atoms with Crippen molar-refractivity contribution in [2.24, 2.45) is 0 Å². The van der Waals surface area contributed by atoms with E-state index in [0.29, 0.717) is 6.42 Å². The van der Waals surface area contributed by atoms with Gasteiger partial charge in [-0.25, -0.2) is 0 Å². The average Bonchev–Trinajstić information content (AvgIpc) is 2.61. The maximum absolute atomic E-state index is 10.8. The van der Waals surface area contributed by atoms with Crippen LogP contribution in [-0.2, 0) is 11.2 Å². The van der Waals surface area contributed by atoms with E-state index < -0.39 is 0 Å². The molecule has 0 spiro atoms. The molecule has 0 radical (unpaired) electrons. The number of carbonyl (C=O) groups excluding carboxylic acids is 1. The molecule has 1 heterocycles. The van der Waals surface area contributed by atoms with Gasteiger partial charge in [-0.15, -0.1) is 11.3 Å². The van der Waals surface area contributed by atoms with Crippen LogP contribution in [0.4, 0.5) is 0 Å². The molecule has 0 aromatic carbocycles. The van der Waals surface area contributed by atoms with Gasteiger partial charge >= 0.3 is 0 Å². The first-order valence-corrected chi connectivity index (χ1v) is 6.60. The van der Waals surface area contributed by atoms with E-state index in [0.717, 1.165) is 19.3 Å². The number of rotatable bonds is 6. The Balaban J connectivity index is 2.29. The van der Waals surface area contributed by atoms with Crippen molar-refractivity contribution in [2.45, 2.75) is 46.5 Å². The highest BCUT2D eigenvalue weighted by Gasteiger charge is 1.98. The normalized spacial score (nSPS) is 11.8. The number of hydrogen-bond acceptors (Lipinski definition) is 2. The molecule has 0 saturated carbocycles. The lowest BCUT2D eigenvalue weighted by molar-refractivity contribution is -0.116. The van der Waals surface area contributed by atoms with E-state index in [1.807, 2.05) is 11.3 Å². The van der Waals surface area contributed by atoms with E-state index in [1.165, 1.54) is 15.3 Å². The van der Waals surface area contributed by atoms with Crippen LogP contribution in [0.5, 0.6) is 0 Å². The Bertz CT molecular complexity index is 374. The fourth-order valence-electron chi connectivity index (χ4n) is 1.56. The second-order valence-corrected chi connectivity index (χ2v) is 5.68. The zero-order chi connectivity index (χ0) is 12.0. The summed E-state index contributed by atoms with van der Waals surface area (Å²) < 4.78 is 0. The van der Waals surface area contributed by atoms with E-state index in [9.17, 15) is 4.79 Å². The predicted molar refractivity (Wildman–Crippen MR) is 71.0 cm³/mol. The quantitative estimate of drug-likeness (QED) is 0.673. The largest absolute Gasteiger partial charge is 0.300 e. The van der Waals surface area contributed by atoms with E-state index in [1.54, 1.807) is 6.92 Å². The van der Waals surface area contributed by atoms with Crippen molar-refractivity contribution in [1.82, 2.24) is 0 Å². The molecule has 0 aliphatic rings. The van der Waals surface area contributed by atoms with Crippen molar-refractivity contribution in [3.8, 4) is 0 Å². The van der Waals surface area contributed by atoms with Crippen molar-refractivity contribution in [1.29, 1.82) is 0 Å². The maximum atomic E-state index is 10.8. The summed E-state index contributed by atoms with van der Waals surface area (Å²) in [5.74, 6) is 0.276. The Labute approximate surface area is 102 Å². The monoisotopic (exact) mass is 236 g/mol. The molecule has 0 aliphatic carbocycles. The maximum Gasteiger partial charge on any atom is 0.130 e. The summed E-state index contributed by atoms with van der Waals surface area (Å²) in [6.45, 7) is 5.95. The molecule has 0 atom stereocenters. The smallest absolute Gasteiger partial charge is 0.130 e. The minimum atomic E-state index is 0.276. The van der Waals surface area contributed by atoms with Gasteiger partial charge in [-0.1, -0.05) is 11.6 Å². The first-order valence-electron chi connectivity index (χ1n) is 5.78. The van der Waals surface area contributed by atoms with Gasteiger partial charge < -0.3 is 4.79 Å². The molecule has 0 bridgehead atoms. The molecule has 0 amide bonds. The summed E-state index contributed by atoms with van der Waals surface area (Å²) >= 11 is 1.88. The molecule has 0 N–H and O–H groups in total. The molecule has 1 aromatic rings. The topological polar surface area (TPSA) is 17.1 Å². The highest BCUT2D eigenvalue weighted by molar-refractivity contribution is 7.11. The van der Waals surface area contributed by atoms with Crippen molar-refractivity contribution >= 4 is 17.1 Å². The lowest BCUT2D eigenvalue weighted by atomic mass is 10.1. The van der Waals surface area contributed by atoms with Crippen LogP contribution >= 0.6 is 11.3 Å². The first-order chi connectivity index (χ1) is 7.58. The molecule has 1 aromatic heterocycles. The van der Waals surface area contributed by atoms with Crippen molar-refractivity contribution in [3.63, 3.8) is 0 Å². The Hall–Kier alpha value is -0.890. The van der Waals surface area contributed by atoms with Gasteiger partial charge in [-0.3, -0.25) is 0 Å². The Kier molecular flexibility index (Phi) is 5.47. The van der Waals surface area contributed by atoms with Crippen LogP contribution in [0.15, 0.2) is 23.8 Å². The number of ketones is 1. The van der Waals surface area contributed by atoms with Gasteiger partial charge in [0.2, 0.25) is 0 Å². The zero-order valence-corrected chi connectivity index (χ0v) is 11.2. The number of carbonyl (C=O) groups is 1. The van der Waals surface area contributed by atoms with Crippen molar-refractivity contribution in [3.05, 3.63) is 33.5 Å². The number of hydrogen-bond donors (Lipinski definition) is 0. The predicted octanol–water partition coefficient (Wildman–Crippen LogP) is 4.30.